The normalized spacial score (nSPS) is 25.8. The number of ether oxygens (including phenoxy) is 1. The Labute approximate surface area is 81.0 Å². The van der Waals surface area contributed by atoms with Gasteiger partial charge in [-0.15, -0.1) is 0 Å². The third-order valence-electron chi connectivity index (χ3n) is 3.43. The number of rotatable bonds is 4. The van der Waals surface area contributed by atoms with Gasteiger partial charge in [-0.25, -0.2) is 0 Å². The molecular weight excluding hydrogens is 162 g/mol. The zero-order chi connectivity index (χ0) is 8.93. The fourth-order valence-corrected chi connectivity index (χ4v) is 2.14. The zero-order valence-corrected chi connectivity index (χ0v) is 8.43. The second kappa shape index (κ2) is 4.97. The van der Waals surface area contributed by atoms with E-state index in [1.165, 1.54) is 45.2 Å². The molecule has 0 radical (unpaired) electrons. The second-order valence-corrected chi connectivity index (χ2v) is 4.51. The maximum absolute atomic E-state index is 5.33. The molecule has 0 spiro atoms. The highest BCUT2D eigenvalue weighted by Gasteiger charge is 2.18. The summed E-state index contributed by atoms with van der Waals surface area (Å²) in [6, 6.07) is 0. The Bertz CT molecular complexity index is 139. The molecule has 2 rings (SSSR count). The summed E-state index contributed by atoms with van der Waals surface area (Å²) in [6.45, 7) is 4.45. The summed E-state index contributed by atoms with van der Waals surface area (Å²) in [6.07, 6.45) is 6.90. The fourth-order valence-electron chi connectivity index (χ4n) is 2.14. The second-order valence-electron chi connectivity index (χ2n) is 4.51. The van der Waals surface area contributed by atoms with Gasteiger partial charge >= 0.3 is 0 Å². The molecular formula is C11H21NO. The van der Waals surface area contributed by atoms with E-state index in [1.54, 1.807) is 0 Å². The van der Waals surface area contributed by atoms with Crippen LogP contribution in [0.5, 0.6) is 0 Å². The Morgan fingerprint density at radius 1 is 0.923 bits per heavy atom. The molecule has 0 amide bonds. The Balaban J connectivity index is 1.50. The topological polar surface area (TPSA) is 21.3 Å². The molecule has 1 aliphatic carbocycles. The van der Waals surface area contributed by atoms with Gasteiger partial charge in [0.15, 0.2) is 0 Å². The lowest BCUT2D eigenvalue weighted by Gasteiger charge is -2.27. The highest BCUT2D eigenvalue weighted by molar-refractivity contribution is 4.73. The predicted octanol–water partition coefficient (Wildman–Crippen LogP) is 1.80. The molecule has 13 heavy (non-hydrogen) atoms. The van der Waals surface area contributed by atoms with Gasteiger partial charge in [0.25, 0.3) is 0 Å². The van der Waals surface area contributed by atoms with E-state index in [0.717, 1.165) is 25.0 Å². The Morgan fingerprint density at radius 2 is 1.54 bits per heavy atom. The first-order valence-electron chi connectivity index (χ1n) is 5.73. The summed E-state index contributed by atoms with van der Waals surface area (Å²) in [4.78, 5) is 0. The van der Waals surface area contributed by atoms with Crippen molar-refractivity contribution in [1.82, 2.24) is 5.32 Å². The van der Waals surface area contributed by atoms with Crippen molar-refractivity contribution in [1.29, 1.82) is 0 Å². The van der Waals surface area contributed by atoms with Gasteiger partial charge < -0.3 is 10.1 Å². The molecule has 2 aliphatic rings. The number of hydrogen-bond acceptors (Lipinski definition) is 2. The van der Waals surface area contributed by atoms with E-state index in [4.69, 9.17) is 4.74 Å². The molecule has 1 aliphatic heterocycles. The van der Waals surface area contributed by atoms with E-state index >= 15 is 0 Å². The lowest BCUT2D eigenvalue weighted by molar-refractivity contribution is 0.0657. The van der Waals surface area contributed by atoms with E-state index in [-0.39, 0.29) is 0 Å². The molecule has 1 N–H and O–H groups in total. The molecule has 0 aromatic rings. The van der Waals surface area contributed by atoms with Crippen LogP contribution in [0.4, 0.5) is 0 Å². The summed E-state index contributed by atoms with van der Waals surface area (Å²) in [5.74, 6) is 1.88. The monoisotopic (exact) mass is 183 g/mol. The number of nitrogens with one attached hydrogen (secondary N) is 1. The Morgan fingerprint density at radius 3 is 2.08 bits per heavy atom. The molecule has 1 heterocycles. The maximum Gasteiger partial charge on any atom is 0.0469 e. The molecule has 0 atom stereocenters. The highest BCUT2D eigenvalue weighted by Crippen LogP contribution is 2.25. The van der Waals surface area contributed by atoms with Gasteiger partial charge in [-0.3, -0.25) is 0 Å². The van der Waals surface area contributed by atoms with Crippen molar-refractivity contribution in [2.24, 2.45) is 11.8 Å². The van der Waals surface area contributed by atoms with Gasteiger partial charge in [-0.2, -0.15) is 0 Å². The van der Waals surface area contributed by atoms with Crippen molar-refractivity contribution in [3.63, 3.8) is 0 Å². The van der Waals surface area contributed by atoms with Gasteiger partial charge in [0.2, 0.25) is 0 Å². The summed E-state index contributed by atoms with van der Waals surface area (Å²) < 4.78 is 5.33. The fraction of sp³-hybridized carbons (Fsp3) is 1.00. The molecule has 2 fully saturated rings. The minimum atomic E-state index is 0.883. The third-order valence-corrected chi connectivity index (χ3v) is 3.43. The van der Waals surface area contributed by atoms with Crippen molar-refractivity contribution < 1.29 is 4.74 Å². The molecule has 1 saturated carbocycles. The van der Waals surface area contributed by atoms with Crippen LogP contribution in [-0.2, 0) is 4.74 Å². The summed E-state index contributed by atoms with van der Waals surface area (Å²) in [5, 5.41) is 3.60. The van der Waals surface area contributed by atoms with E-state index in [1.807, 2.05) is 0 Å². The quantitative estimate of drug-likeness (QED) is 0.717. The smallest absolute Gasteiger partial charge is 0.0469 e. The van der Waals surface area contributed by atoms with Crippen LogP contribution in [0.1, 0.15) is 32.1 Å². The largest absolute Gasteiger partial charge is 0.381 e. The lowest BCUT2D eigenvalue weighted by Crippen LogP contribution is -2.33. The minimum absolute atomic E-state index is 0.883. The van der Waals surface area contributed by atoms with E-state index in [0.29, 0.717) is 0 Å². The molecule has 0 aromatic carbocycles. The SMILES string of the molecule is C1CC(CNCC2CCOCC2)C1. The molecule has 0 bridgehead atoms. The van der Waals surface area contributed by atoms with Crippen LogP contribution < -0.4 is 5.32 Å². The summed E-state index contributed by atoms with van der Waals surface area (Å²) in [7, 11) is 0. The average molecular weight is 183 g/mol. The molecule has 0 unspecified atom stereocenters. The van der Waals surface area contributed by atoms with Crippen LogP contribution in [0, 0.1) is 11.8 Å². The van der Waals surface area contributed by atoms with Crippen LogP contribution in [-0.4, -0.2) is 26.3 Å². The van der Waals surface area contributed by atoms with E-state index < -0.39 is 0 Å². The maximum atomic E-state index is 5.33. The first-order chi connectivity index (χ1) is 6.45. The molecule has 2 nitrogen and oxygen atoms in total. The first kappa shape index (κ1) is 9.47. The standard InChI is InChI=1S/C11H21NO/c1-2-10(3-1)8-12-9-11-4-6-13-7-5-11/h10-12H,1-9H2. The van der Waals surface area contributed by atoms with Gasteiger partial charge in [-0.05, 0) is 50.6 Å². The predicted molar refractivity (Wildman–Crippen MR) is 53.8 cm³/mol. The Hall–Kier alpha value is -0.0800. The Kier molecular flexibility index (Phi) is 3.62. The molecule has 1 saturated heterocycles. The van der Waals surface area contributed by atoms with Crippen molar-refractivity contribution in [2.75, 3.05) is 26.3 Å². The summed E-state index contributed by atoms with van der Waals surface area (Å²) >= 11 is 0. The van der Waals surface area contributed by atoms with Crippen molar-refractivity contribution in [3.05, 3.63) is 0 Å². The van der Waals surface area contributed by atoms with Crippen LogP contribution >= 0.6 is 0 Å². The van der Waals surface area contributed by atoms with Crippen LogP contribution in [0.15, 0.2) is 0 Å². The lowest BCUT2D eigenvalue weighted by atomic mass is 9.85. The molecule has 2 heteroatoms. The van der Waals surface area contributed by atoms with Gasteiger partial charge in [0.05, 0.1) is 0 Å². The highest BCUT2D eigenvalue weighted by atomic mass is 16.5. The number of hydrogen-bond donors (Lipinski definition) is 1. The molecule has 76 valence electrons. The van der Waals surface area contributed by atoms with Crippen molar-refractivity contribution in [3.8, 4) is 0 Å². The average Bonchev–Trinajstić information content (AvgIpc) is 2.11. The third kappa shape index (κ3) is 2.96. The van der Waals surface area contributed by atoms with E-state index in [2.05, 4.69) is 5.32 Å². The minimum Gasteiger partial charge on any atom is -0.381 e. The van der Waals surface area contributed by atoms with Gasteiger partial charge in [0, 0.05) is 13.2 Å². The zero-order valence-electron chi connectivity index (χ0n) is 8.43. The van der Waals surface area contributed by atoms with Crippen molar-refractivity contribution in [2.45, 2.75) is 32.1 Å². The van der Waals surface area contributed by atoms with Gasteiger partial charge in [0.1, 0.15) is 0 Å². The van der Waals surface area contributed by atoms with Crippen LogP contribution in [0.3, 0.4) is 0 Å². The van der Waals surface area contributed by atoms with Gasteiger partial charge in [-0.1, -0.05) is 6.42 Å². The van der Waals surface area contributed by atoms with Crippen LogP contribution in [0.2, 0.25) is 0 Å². The first-order valence-corrected chi connectivity index (χ1v) is 5.73. The van der Waals surface area contributed by atoms with Crippen molar-refractivity contribution >= 4 is 0 Å². The van der Waals surface area contributed by atoms with E-state index in [9.17, 15) is 0 Å². The molecule has 0 aromatic heterocycles. The van der Waals surface area contributed by atoms with Crippen LogP contribution in [0.25, 0.3) is 0 Å². The summed E-state index contributed by atoms with van der Waals surface area (Å²) in [5.41, 5.74) is 0.